The fraction of sp³-hybridized carbons (Fsp3) is 0.333. The van der Waals surface area contributed by atoms with Crippen molar-refractivity contribution in [3.05, 3.63) is 35.0 Å². The highest BCUT2D eigenvalue weighted by molar-refractivity contribution is 6.31. The number of rotatable bonds is 2. The van der Waals surface area contributed by atoms with Gasteiger partial charge in [-0.15, -0.1) is 0 Å². The molecule has 0 spiro atoms. The van der Waals surface area contributed by atoms with Crippen LogP contribution in [0.3, 0.4) is 0 Å². The van der Waals surface area contributed by atoms with Crippen molar-refractivity contribution in [2.75, 3.05) is 0 Å². The number of nitrogens with two attached hydrogens (primary N) is 1. The standard InChI is InChI=1S/C12H14ClNO/c1-7(2)12(14)11-6-8-5-9(13)3-4-10(8)15-11/h3-7,12H,14H2,1-2H3/t12-/m0/s1. The largest absolute Gasteiger partial charge is 0.459 e. The molecule has 0 amide bonds. The molecule has 0 aliphatic heterocycles. The Bertz CT molecular complexity index is 475. The van der Waals surface area contributed by atoms with Crippen molar-refractivity contribution in [3.63, 3.8) is 0 Å². The molecule has 80 valence electrons. The first-order chi connectivity index (χ1) is 7.08. The highest BCUT2D eigenvalue weighted by Crippen LogP contribution is 2.28. The van der Waals surface area contributed by atoms with Crippen LogP contribution in [0.25, 0.3) is 11.0 Å². The quantitative estimate of drug-likeness (QED) is 0.843. The Morgan fingerprint density at radius 3 is 2.67 bits per heavy atom. The third-order valence-corrected chi connectivity index (χ3v) is 2.78. The summed E-state index contributed by atoms with van der Waals surface area (Å²) in [5.41, 5.74) is 6.85. The first-order valence-electron chi connectivity index (χ1n) is 5.02. The van der Waals surface area contributed by atoms with E-state index in [9.17, 15) is 0 Å². The molecule has 0 aliphatic carbocycles. The average molecular weight is 224 g/mol. The van der Waals surface area contributed by atoms with E-state index in [4.69, 9.17) is 21.8 Å². The summed E-state index contributed by atoms with van der Waals surface area (Å²) in [4.78, 5) is 0. The second-order valence-electron chi connectivity index (χ2n) is 4.10. The zero-order valence-electron chi connectivity index (χ0n) is 8.83. The number of fused-ring (bicyclic) bond motifs is 1. The minimum atomic E-state index is -0.0591. The van der Waals surface area contributed by atoms with Gasteiger partial charge in [-0.1, -0.05) is 25.4 Å². The van der Waals surface area contributed by atoms with E-state index < -0.39 is 0 Å². The SMILES string of the molecule is CC(C)[C@H](N)c1cc2cc(Cl)ccc2o1. The van der Waals surface area contributed by atoms with E-state index >= 15 is 0 Å². The molecule has 2 aromatic rings. The van der Waals surface area contributed by atoms with Gasteiger partial charge in [-0.3, -0.25) is 0 Å². The molecule has 0 fully saturated rings. The van der Waals surface area contributed by atoms with E-state index in [1.54, 1.807) is 0 Å². The molecule has 2 nitrogen and oxygen atoms in total. The summed E-state index contributed by atoms with van der Waals surface area (Å²) in [5.74, 6) is 1.18. The third-order valence-electron chi connectivity index (χ3n) is 2.54. The van der Waals surface area contributed by atoms with Crippen molar-refractivity contribution in [1.29, 1.82) is 0 Å². The van der Waals surface area contributed by atoms with Crippen LogP contribution in [0.15, 0.2) is 28.7 Å². The summed E-state index contributed by atoms with van der Waals surface area (Å²) >= 11 is 5.90. The van der Waals surface area contributed by atoms with Crippen LogP contribution >= 0.6 is 11.6 Å². The molecule has 0 radical (unpaired) electrons. The van der Waals surface area contributed by atoms with Crippen molar-refractivity contribution >= 4 is 22.6 Å². The number of hydrogen-bond acceptors (Lipinski definition) is 2. The summed E-state index contributed by atoms with van der Waals surface area (Å²) in [6.07, 6.45) is 0. The van der Waals surface area contributed by atoms with Gasteiger partial charge in [0.05, 0.1) is 6.04 Å². The van der Waals surface area contributed by atoms with Gasteiger partial charge in [0.1, 0.15) is 11.3 Å². The molecule has 2 N–H and O–H groups in total. The van der Waals surface area contributed by atoms with Gasteiger partial charge in [0.2, 0.25) is 0 Å². The summed E-state index contributed by atoms with van der Waals surface area (Å²) in [6.45, 7) is 4.15. The van der Waals surface area contributed by atoms with Crippen LogP contribution < -0.4 is 5.73 Å². The van der Waals surface area contributed by atoms with Gasteiger partial charge in [-0.05, 0) is 30.2 Å². The van der Waals surface area contributed by atoms with E-state index in [1.165, 1.54) is 0 Å². The number of halogens is 1. The molecule has 1 atom stereocenters. The van der Waals surface area contributed by atoms with Crippen LogP contribution in [0.2, 0.25) is 5.02 Å². The summed E-state index contributed by atoms with van der Waals surface area (Å²) in [5, 5.41) is 1.72. The monoisotopic (exact) mass is 223 g/mol. The van der Waals surface area contributed by atoms with E-state index in [1.807, 2.05) is 24.3 Å². The van der Waals surface area contributed by atoms with E-state index in [-0.39, 0.29) is 6.04 Å². The fourth-order valence-electron chi connectivity index (χ4n) is 1.53. The Labute approximate surface area is 94.0 Å². The maximum Gasteiger partial charge on any atom is 0.134 e. The smallest absolute Gasteiger partial charge is 0.134 e. The van der Waals surface area contributed by atoms with Crippen molar-refractivity contribution in [2.45, 2.75) is 19.9 Å². The minimum Gasteiger partial charge on any atom is -0.459 e. The van der Waals surface area contributed by atoms with Crippen molar-refractivity contribution in [2.24, 2.45) is 11.7 Å². The van der Waals surface area contributed by atoms with Gasteiger partial charge in [0, 0.05) is 10.4 Å². The van der Waals surface area contributed by atoms with Crippen molar-refractivity contribution in [3.8, 4) is 0 Å². The highest BCUT2D eigenvalue weighted by Gasteiger charge is 2.15. The van der Waals surface area contributed by atoms with Crippen molar-refractivity contribution < 1.29 is 4.42 Å². The maximum atomic E-state index is 6.01. The molecule has 0 unspecified atom stereocenters. The molecule has 0 bridgehead atoms. The lowest BCUT2D eigenvalue weighted by atomic mass is 10.0. The Morgan fingerprint density at radius 2 is 2.00 bits per heavy atom. The number of hydrogen-bond donors (Lipinski definition) is 1. The molecule has 2 rings (SSSR count). The van der Waals surface area contributed by atoms with Gasteiger partial charge >= 0.3 is 0 Å². The highest BCUT2D eigenvalue weighted by atomic mass is 35.5. The minimum absolute atomic E-state index is 0.0591. The van der Waals surface area contributed by atoms with Gasteiger partial charge in [0.25, 0.3) is 0 Å². The fourth-order valence-corrected chi connectivity index (χ4v) is 1.71. The molecule has 1 aromatic heterocycles. The van der Waals surface area contributed by atoms with Crippen LogP contribution in [-0.2, 0) is 0 Å². The lowest BCUT2D eigenvalue weighted by Crippen LogP contribution is -2.15. The first-order valence-corrected chi connectivity index (χ1v) is 5.40. The lowest BCUT2D eigenvalue weighted by Gasteiger charge is -2.11. The van der Waals surface area contributed by atoms with E-state index in [0.717, 1.165) is 16.7 Å². The Hall–Kier alpha value is -0.990. The summed E-state index contributed by atoms with van der Waals surface area (Å²) in [7, 11) is 0. The Balaban J connectivity index is 2.47. The maximum absolute atomic E-state index is 6.01. The number of benzene rings is 1. The van der Waals surface area contributed by atoms with Crippen molar-refractivity contribution in [1.82, 2.24) is 0 Å². The van der Waals surface area contributed by atoms with E-state index in [2.05, 4.69) is 13.8 Å². The van der Waals surface area contributed by atoms with Crippen LogP contribution in [-0.4, -0.2) is 0 Å². The van der Waals surface area contributed by atoms with Gasteiger partial charge in [0.15, 0.2) is 0 Å². The summed E-state index contributed by atoms with van der Waals surface area (Å²) in [6, 6.07) is 7.48. The molecular formula is C12H14ClNO. The lowest BCUT2D eigenvalue weighted by molar-refractivity contribution is 0.418. The topological polar surface area (TPSA) is 39.2 Å². The van der Waals surface area contributed by atoms with E-state index in [0.29, 0.717) is 10.9 Å². The third kappa shape index (κ3) is 2.01. The second-order valence-corrected chi connectivity index (χ2v) is 4.54. The Morgan fingerprint density at radius 1 is 1.27 bits per heavy atom. The number of furan rings is 1. The van der Waals surface area contributed by atoms with Crippen LogP contribution in [0.4, 0.5) is 0 Å². The zero-order chi connectivity index (χ0) is 11.0. The Kier molecular flexibility index (Phi) is 2.72. The molecule has 0 saturated carbocycles. The van der Waals surface area contributed by atoms with Gasteiger partial charge < -0.3 is 10.2 Å². The molecule has 1 heterocycles. The summed E-state index contributed by atoms with van der Waals surface area (Å²) < 4.78 is 5.66. The molecular weight excluding hydrogens is 210 g/mol. The van der Waals surface area contributed by atoms with Crippen LogP contribution in [0.5, 0.6) is 0 Å². The molecule has 0 aliphatic rings. The second kappa shape index (κ2) is 3.87. The predicted molar refractivity (Wildman–Crippen MR) is 63.0 cm³/mol. The van der Waals surface area contributed by atoms with Gasteiger partial charge in [-0.25, -0.2) is 0 Å². The predicted octanol–water partition coefficient (Wildman–Crippen LogP) is 3.74. The molecule has 1 aromatic carbocycles. The normalized spacial score (nSPS) is 13.7. The first kappa shape index (κ1) is 10.5. The van der Waals surface area contributed by atoms with Crippen LogP contribution in [0, 0.1) is 5.92 Å². The average Bonchev–Trinajstić information content (AvgIpc) is 2.58. The van der Waals surface area contributed by atoms with Gasteiger partial charge in [-0.2, -0.15) is 0 Å². The molecule has 0 saturated heterocycles. The zero-order valence-corrected chi connectivity index (χ0v) is 9.58. The van der Waals surface area contributed by atoms with Crippen LogP contribution in [0.1, 0.15) is 25.6 Å². The molecule has 15 heavy (non-hydrogen) atoms. The molecule has 3 heteroatoms.